The molecular formula is C15H26N2S. The van der Waals surface area contributed by atoms with E-state index >= 15 is 0 Å². The zero-order chi connectivity index (χ0) is 12.8. The third kappa shape index (κ3) is 3.81. The molecule has 2 heterocycles. The lowest BCUT2D eigenvalue weighted by atomic mass is 10.0. The highest BCUT2D eigenvalue weighted by Crippen LogP contribution is 2.19. The Morgan fingerprint density at radius 3 is 2.83 bits per heavy atom. The van der Waals surface area contributed by atoms with Gasteiger partial charge in [0, 0.05) is 31.7 Å². The SMILES string of the molecule is CCCC1CN(Cc2ccsc2)C(CCC)CN1. The van der Waals surface area contributed by atoms with Crippen LogP contribution in [-0.4, -0.2) is 30.1 Å². The number of hydrogen-bond donors (Lipinski definition) is 1. The summed E-state index contributed by atoms with van der Waals surface area (Å²) in [7, 11) is 0. The van der Waals surface area contributed by atoms with E-state index in [2.05, 4.69) is 40.9 Å². The molecule has 1 fully saturated rings. The molecule has 2 atom stereocenters. The molecule has 2 rings (SSSR count). The largest absolute Gasteiger partial charge is 0.311 e. The molecular weight excluding hydrogens is 240 g/mol. The van der Waals surface area contributed by atoms with Crippen LogP contribution in [0.4, 0.5) is 0 Å². The molecule has 0 aliphatic carbocycles. The second kappa shape index (κ2) is 7.27. The Labute approximate surface area is 115 Å². The average molecular weight is 266 g/mol. The fraction of sp³-hybridized carbons (Fsp3) is 0.733. The molecule has 0 radical (unpaired) electrons. The van der Waals surface area contributed by atoms with Crippen molar-refractivity contribution >= 4 is 11.3 Å². The Bertz CT molecular complexity index is 323. The molecule has 2 unspecified atom stereocenters. The molecule has 1 aliphatic heterocycles. The summed E-state index contributed by atoms with van der Waals surface area (Å²) in [6.07, 6.45) is 5.18. The highest BCUT2D eigenvalue weighted by molar-refractivity contribution is 7.07. The predicted octanol–water partition coefficient (Wildman–Crippen LogP) is 3.49. The quantitative estimate of drug-likeness (QED) is 0.848. The Kier molecular flexibility index (Phi) is 5.67. The van der Waals surface area contributed by atoms with Gasteiger partial charge in [-0.1, -0.05) is 26.7 Å². The maximum Gasteiger partial charge on any atom is 0.0246 e. The van der Waals surface area contributed by atoms with Gasteiger partial charge in [0.2, 0.25) is 0 Å². The van der Waals surface area contributed by atoms with Gasteiger partial charge in [0.05, 0.1) is 0 Å². The summed E-state index contributed by atoms with van der Waals surface area (Å²) in [4.78, 5) is 2.70. The molecule has 0 spiro atoms. The Morgan fingerprint density at radius 1 is 1.33 bits per heavy atom. The molecule has 2 nitrogen and oxygen atoms in total. The zero-order valence-electron chi connectivity index (χ0n) is 11.7. The van der Waals surface area contributed by atoms with Crippen LogP contribution in [0.15, 0.2) is 16.8 Å². The van der Waals surface area contributed by atoms with Gasteiger partial charge in [0.1, 0.15) is 0 Å². The molecule has 18 heavy (non-hydrogen) atoms. The second-order valence-corrected chi connectivity index (χ2v) is 6.18. The lowest BCUT2D eigenvalue weighted by Crippen LogP contribution is -2.55. The fourth-order valence-electron chi connectivity index (χ4n) is 2.90. The van der Waals surface area contributed by atoms with Gasteiger partial charge in [-0.3, -0.25) is 4.90 Å². The minimum Gasteiger partial charge on any atom is -0.311 e. The number of nitrogens with one attached hydrogen (secondary N) is 1. The van der Waals surface area contributed by atoms with Crippen LogP contribution in [-0.2, 0) is 6.54 Å². The molecule has 1 aromatic rings. The maximum atomic E-state index is 3.73. The molecule has 1 saturated heterocycles. The Balaban J connectivity index is 1.95. The van der Waals surface area contributed by atoms with Crippen molar-refractivity contribution in [3.63, 3.8) is 0 Å². The van der Waals surface area contributed by atoms with Crippen molar-refractivity contribution in [1.82, 2.24) is 10.2 Å². The fourth-order valence-corrected chi connectivity index (χ4v) is 3.56. The smallest absolute Gasteiger partial charge is 0.0246 e. The topological polar surface area (TPSA) is 15.3 Å². The maximum absolute atomic E-state index is 3.73. The average Bonchev–Trinajstić information content (AvgIpc) is 2.86. The van der Waals surface area contributed by atoms with E-state index in [1.165, 1.54) is 44.3 Å². The van der Waals surface area contributed by atoms with Gasteiger partial charge in [-0.15, -0.1) is 0 Å². The van der Waals surface area contributed by atoms with E-state index in [0.717, 1.165) is 12.6 Å². The first-order valence-corrected chi connectivity index (χ1v) is 8.26. The van der Waals surface area contributed by atoms with Gasteiger partial charge in [-0.2, -0.15) is 11.3 Å². The van der Waals surface area contributed by atoms with E-state index in [1.54, 1.807) is 0 Å². The lowest BCUT2D eigenvalue weighted by molar-refractivity contribution is 0.112. The van der Waals surface area contributed by atoms with Gasteiger partial charge < -0.3 is 5.32 Å². The first-order valence-electron chi connectivity index (χ1n) is 7.32. The van der Waals surface area contributed by atoms with Crippen molar-refractivity contribution in [2.45, 2.75) is 58.2 Å². The monoisotopic (exact) mass is 266 g/mol. The summed E-state index contributed by atoms with van der Waals surface area (Å²) in [5.74, 6) is 0. The molecule has 1 N–H and O–H groups in total. The van der Waals surface area contributed by atoms with E-state index in [0.29, 0.717) is 6.04 Å². The third-order valence-electron chi connectivity index (χ3n) is 3.84. The molecule has 1 aromatic heterocycles. The van der Waals surface area contributed by atoms with Crippen molar-refractivity contribution in [3.8, 4) is 0 Å². The van der Waals surface area contributed by atoms with Crippen LogP contribution in [0.1, 0.15) is 45.1 Å². The predicted molar refractivity (Wildman–Crippen MR) is 80.1 cm³/mol. The van der Waals surface area contributed by atoms with Crippen LogP contribution in [0, 0.1) is 0 Å². The Hall–Kier alpha value is -0.380. The molecule has 1 aliphatic rings. The summed E-state index contributed by atoms with van der Waals surface area (Å²) < 4.78 is 0. The van der Waals surface area contributed by atoms with Crippen LogP contribution >= 0.6 is 11.3 Å². The van der Waals surface area contributed by atoms with Gasteiger partial charge in [-0.25, -0.2) is 0 Å². The third-order valence-corrected chi connectivity index (χ3v) is 4.57. The summed E-state index contributed by atoms with van der Waals surface area (Å²) in [5, 5.41) is 8.21. The minimum atomic E-state index is 0.696. The van der Waals surface area contributed by atoms with Gasteiger partial charge in [-0.05, 0) is 35.2 Å². The number of nitrogens with zero attached hydrogens (tertiary/aromatic N) is 1. The van der Waals surface area contributed by atoms with Crippen LogP contribution in [0.2, 0.25) is 0 Å². The number of piperazine rings is 1. The standard InChI is InChI=1S/C15H26N2S/c1-3-5-14-11-17(10-13-7-8-18-12-13)15(6-4-2)9-16-14/h7-8,12,14-16H,3-6,9-11H2,1-2H3. The van der Waals surface area contributed by atoms with E-state index in [-0.39, 0.29) is 0 Å². The Morgan fingerprint density at radius 2 is 2.17 bits per heavy atom. The second-order valence-electron chi connectivity index (χ2n) is 5.40. The van der Waals surface area contributed by atoms with Crippen molar-refractivity contribution in [2.75, 3.05) is 13.1 Å². The van der Waals surface area contributed by atoms with Crippen molar-refractivity contribution in [3.05, 3.63) is 22.4 Å². The summed E-state index contributed by atoms with van der Waals surface area (Å²) >= 11 is 1.81. The lowest BCUT2D eigenvalue weighted by Gasteiger charge is -2.40. The van der Waals surface area contributed by atoms with Gasteiger partial charge >= 0.3 is 0 Å². The summed E-state index contributed by atoms with van der Waals surface area (Å²) in [6.45, 7) is 8.09. The van der Waals surface area contributed by atoms with E-state index < -0.39 is 0 Å². The van der Waals surface area contributed by atoms with Crippen LogP contribution in [0.25, 0.3) is 0 Å². The van der Waals surface area contributed by atoms with Crippen molar-refractivity contribution in [2.24, 2.45) is 0 Å². The van der Waals surface area contributed by atoms with Crippen molar-refractivity contribution in [1.29, 1.82) is 0 Å². The van der Waals surface area contributed by atoms with Gasteiger partial charge in [0.25, 0.3) is 0 Å². The molecule has 0 amide bonds. The van der Waals surface area contributed by atoms with Crippen LogP contribution in [0.5, 0.6) is 0 Å². The minimum absolute atomic E-state index is 0.696. The van der Waals surface area contributed by atoms with E-state index in [9.17, 15) is 0 Å². The number of hydrogen-bond acceptors (Lipinski definition) is 3. The number of thiophene rings is 1. The zero-order valence-corrected chi connectivity index (χ0v) is 12.5. The molecule has 102 valence electrons. The molecule has 0 aromatic carbocycles. The molecule has 0 bridgehead atoms. The summed E-state index contributed by atoms with van der Waals surface area (Å²) in [5.41, 5.74) is 1.48. The van der Waals surface area contributed by atoms with E-state index in [4.69, 9.17) is 0 Å². The van der Waals surface area contributed by atoms with Gasteiger partial charge in [0.15, 0.2) is 0 Å². The highest BCUT2D eigenvalue weighted by atomic mass is 32.1. The molecule has 3 heteroatoms. The van der Waals surface area contributed by atoms with Crippen LogP contribution in [0.3, 0.4) is 0 Å². The molecule has 0 saturated carbocycles. The van der Waals surface area contributed by atoms with E-state index in [1.807, 2.05) is 11.3 Å². The first kappa shape index (κ1) is 14.0. The number of rotatable bonds is 6. The first-order chi connectivity index (χ1) is 8.83. The van der Waals surface area contributed by atoms with Crippen LogP contribution < -0.4 is 5.32 Å². The highest BCUT2D eigenvalue weighted by Gasteiger charge is 2.26. The van der Waals surface area contributed by atoms with Crippen molar-refractivity contribution < 1.29 is 0 Å². The summed E-state index contributed by atoms with van der Waals surface area (Å²) in [6, 6.07) is 3.69. The normalized spacial score (nSPS) is 25.4.